The van der Waals surface area contributed by atoms with E-state index in [2.05, 4.69) is 36.4 Å². The van der Waals surface area contributed by atoms with Crippen LogP contribution in [0.4, 0.5) is 0 Å². The van der Waals surface area contributed by atoms with E-state index in [0.29, 0.717) is 0 Å². The van der Waals surface area contributed by atoms with E-state index in [-0.39, 0.29) is 11.8 Å². The first-order valence-corrected chi connectivity index (χ1v) is 12.4. The third-order valence-electron chi connectivity index (χ3n) is 6.18. The zero-order valence-electron chi connectivity index (χ0n) is 18.1. The molecule has 1 fully saturated rings. The number of benzene rings is 4. The Morgan fingerprint density at radius 3 is 0.941 bits per heavy atom. The van der Waals surface area contributed by atoms with Gasteiger partial charge in [0.05, 0.1) is 0 Å². The first-order chi connectivity index (χ1) is 16.5. The molecule has 0 heterocycles. The highest BCUT2D eigenvalue weighted by Gasteiger charge is 2.42. The van der Waals surface area contributed by atoms with Gasteiger partial charge in [0, 0.05) is 31.9 Å². The van der Waals surface area contributed by atoms with E-state index >= 15 is 0 Å². The summed E-state index contributed by atoms with van der Waals surface area (Å²) in [4.78, 5) is 0. The lowest BCUT2D eigenvalue weighted by atomic mass is 9.59. The largest absolute Gasteiger partial charge is 0.0843 e. The summed E-state index contributed by atoms with van der Waals surface area (Å²) in [7, 11) is 0. The molecule has 1 aliphatic carbocycles. The van der Waals surface area contributed by atoms with Crippen LogP contribution in [-0.4, -0.2) is 0 Å². The lowest BCUT2D eigenvalue weighted by molar-refractivity contribution is 0.596. The molecule has 0 aliphatic heterocycles. The lowest BCUT2D eigenvalue weighted by Crippen LogP contribution is -2.28. The van der Waals surface area contributed by atoms with Crippen molar-refractivity contribution in [1.29, 1.82) is 0 Å². The number of allylic oxidation sites excluding steroid dienone is 2. The minimum atomic E-state index is 0.174. The Labute approximate surface area is 220 Å². The summed E-state index contributed by atoms with van der Waals surface area (Å²) in [5, 5.41) is 2.90. The van der Waals surface area contributed by atoms with Crippen molar-refractivity contribution < 1.29 is 0 Å². The highest BCUT2D eigenvalue weighted by molar-refractivity contribution is 6.31. The van der Waals surface area contributed by atoms with Crippen molar-refractivity contribution >= 4 is 58.6 Å². The highest BCUT2D eigenvalue weighted by atomic mass is 35.5. The highest BCUT2D eigenvalue weighted by Crippen LogP contribution is 2.58. The number of halogens is 4. The minimum absolute atomic E-state index is 0.174. The van der Waals surface area contributed by atoms with Crippen molar-refractivity contribution in [3.63, 3.8) is 0 Å². The maximum absolute atomic E-state index is 6.21. The van der Waals surface area contributed by atoms with Gasteiger partial charge in [-0.05, 0) is 81.9 Å². The zero-order valence-corrected chi connectivity index (χ0v) is 21.1. The predicted octanol–water partition coefficient (Wildman–Crippen LogP) is 10.3. The van der Waals surface area contributed by atoms with Crippen LogP contribution < -0.4 is 0 Å². The fourth-order valence-corrected chi connectivity index (χ4v) is 5.03. The van der Waals surface area contributed by atoms with Gasteiger partial charge in [0.15, 0.2) is 0 Å². The summed E-state index contributed by atoms with van der Waals surface area (Å²) < 4.78 is 0. The summed E-state index contributed by atoms with van der Waals surface area (Å²) in [6.45, 7) is 0. The van der Waals surface area contributed by atoms with E-state index in [9.17, 15) is 0 Å². The van der Waals surface area contributed by atoms with Gasteiger partial charge in [-0.3, -0.25) is 0 Å². The average Bonchev–Trinajstić information content (AvgIpc) is 2.84. The molecular formula is C30H20Cl4. The summed E-state index contributed by atoms with van der Waals surface area (Å²) in [5.74, 6) is 0.348. The molecule has 0 saturated heterocycles. The molecular weight excluding hydrogens is 502 g/mol. The quantitative estimate of drug-likeness (QED) is 0.250. The SMILES string of the molecule is Clc1ccc(/C=C2\C(=C\c3ccc(Cl)cc3)[C@H](c3ccc(Cl)cc3)[C@H]2c2ccc(Cl)cc2)cc1. The van der Waals surface area contributed by atoms with Crippen LogP contribution in [0.1, 0.15) is 34.1 Å². The maximum Gasteiger partial charge on any atom is 0.0406 e. The summed E-state index contributed by atoms with van der Waals surface area (Å²) in [6.07, 6.45) is 4.51. The van der Waals surface area contributed by atoms with Crippen molar-refractivity contribution in [1.82, 2.24) is 0 Å². The molecule has 0 aromatic heterocycles. The van der Waals surface area contributed by atoms with E-state index in [1.54, 1.807) is 0 Å². The molecule has 0 unspecified atom stereocenters. The monoisotopic (exact) mass is 520 g/mol. The van der Waals surface area contributed by atoms with Crippen LogP contribution >= 0.6 is 46.4 Å². The minimum Gasteiger partial charge on any atom is -0.0843 e. The molecule has 4 heteroatoms. The smallest absolute Gasteiger partial charge is 0.0406 e. The van der Waals surface area contributed by atoms with Gasteiger partial charge in [0.25, 0.3) is 0 Å². The van der Waals surface area contributed by atoms with Gasteiger partial charge in [0.1, 0.15) is 0 Å². The van der Waals surface area contributed by atoms with Crippen molar-refractivity contribution in [2.24, 2.45) is 0 Å². The van der Waals surface area contributed by atoms with E-state index in [1.165, 1.54) is 22.3 Å². The van der Waals surface area contributed by atoms with Crippen molar-refractivity contribution in [2.45, 2.75) is 11.8 Å². The molecule has 1 saturated carbocycles. The molecule has 1 aliphatic rings. The third kappa shape index (κ3) is 4.97. The average molecular weight is 522 g/mol. The van der Waals surface area contributed by atoms with Gasteiger partial charge in [-0.2, -0.15) is 0 Å². The van der Waals surface area contributed by atoms with Gasteiger partial charge in [-0.15, -0.1) is 0 Å². The number of hydrogen-bond acceptors (Lipinski definition) is 0. The van der Waals surface area contributed by atoms with E-state index in [1.807, 2.05) is 72.8 Å². The lowest BCUT2D eigenvalue weighted by Gasteiger charge is -2.44. The fraction of sp³-hybridized carbons (Fsp3) is 0.0667. The third-order valence-corrected chi connectivity index (χ3v) is 7.19. The second-order valence-electron chi connectivity index (χ2n) is 8.36. The van der Waals surface area contributed by atoms with Gasteiger partial charge in [0.2, 0.25) is 0 Å². The molecule has 168 valence electrons. The first kappa shape index (κ1) is 23.3. The number of rotatable bonds is 4. The normalized spacial score (nSPS) is 19.9. The molecule has 0 nitrogen and oxygen atoms in total. The van der Waals surface area contributed by atoms with Crippen molar-refractivity contribution in [3.05, 3.63) is 151 Å². The Hall–Kier alpha value is -2.48. The molecule has 0 radical (unpaired) electrons. The Morgan fingerprint density at radius 2 is 0.647 bits per heavy atom. The number of hydrogen-bond donors (Lipinski definition) is 0. The van der Waals surface area contributed by atoms with Gasteiger partial charge in [-0.1, -0.05) is 107 Å². The van der Waals surface area contributed by atoms with Crippen LogP contribution in [0.25, 0.3) is 12.2 Å². The second kappa shape index (κ2) is 10.0. The molecule has 4 aromatic rings. The molecule has 2 atom stereocenters. The fourth-order valence-electron chi connectivity index (χ4n) is 4.53. The van der Waals surface area contributed by atoms with Crippen LogP contribution in [0.15, 0.2) is 108 Å². The molecule has 4 aromatic carbocycles. The molecule has 0 spiro atoms. The Morgan fingerprint density at radius 1 is 0.382 bits per heavy atom. The van der Waals surface area contributed by atoms with E-state index in [0.717, 1.165) is 31.2 Å². The Bertz CT molecular complexity index is 1240. The van der Waals surface area contributed by atoms with Gasteiger partial charge < -0.3 is 0 Å². The molecule has 0 amide bonds. The standard InChI is InChI=1S/C30H20Cl4/c31-23-9-1-19(2-10-23)17-27-28(18-20-3-11-24(32)12-4-20)30(22-7-15-26(34)16-8-22)29(27)21-5-13-25(33)14-6-21/h1-18,29-30H/b27-17-,28-18+/t29-,30-/m0/s1. The molecule has 0 bridgehead atoms. The van der Waals surface area contributed by atoms with Gasteiger partial charge in [-0.25, -0.2) is 0 Å². The van der Waals surface area contributed by atoms with E-state index in [4.69, 9.17) is 46.4 Å². The summed E-state index contributed by atoms with van der Waals surface area (Å²) in [5.41, 5.74) is 7.18. The molecule has 5 rings (SSSR count). The summed E-state index contributed by atoms with van der Waals surface area (Å²) in [6, 6.07) is 32.1. The predicted molar refractivity (Wildman–Crippen MR) is 147 cm³/mol. The first-order valence-electron chi connectivity index (χ1n) is 10.9. The second-order valence-corrected chi connectivity index (χ2v) is 10.1. The zero-order chi connectivity index (χ0) is 23.7. The molecule has 0 N–H and O–H groups in total. The van der Waals surface area contributed by atoms with Crippen LogP contribution in [-0.2, 0) is 0 Å². The Kier molecular flexibility index (Phi) is 6.86. The topological polar surface area (TPSA) is 0 Å². The van der Waals surface area contributed by atoms with Crippen LogP contribution in [0.5, 0.6) is 0 Å². The van der Waals surface area contributed by atoms with Crippen LogP contribution in [0, 0.1) is 0 Å². The van der Waals surface area contributed by atoms with Crippen LogP contribution in [0.3, 0.4) is 0 Å². The Balaban J connectivity index is 1.68. The van der Waals surface area contributed by atoms with E-state index < -0.39 is 0 Å². The maximum atomic E-state index is 6.21. The van der Waals surface area contributed by atoms with Crippen LogP contribution in [0.2, 0.25) is 20.1 Å². The van der Waals surface area contributed by atoms with Crippen molar-refractivity contribution in [3.8, 4) is 0 Å². The van der Waals surface area contributed by atoms with Crippen molar-refractivity contribution in [2.75, 3.05) is 0 Å². The molecule has 34 heavy (non-hydrogen) atoms. The summed E-state index contributed by atoms with van der Waals surface area (Å²) >= 11 is 24.7. The van der Waals surface area contributed by atoms with Gasteiger partial charge >= 0.3 is 0 Å².